The van der Waals surface area contributed by atoms with Crippen LogP contribution in [-0.2, 0) is 4.79 Å². The van der Waals surface area contributed by atoms with Crippen LogP contribution in [0.4, 0.5) is 10.1 Å². The molecular weight excluding hydrogens is 271 g/mol. The molecule has 0 saturated heterocycles. The number of hydrogen-bond acceptors (Lipinski definition) is 3. The Bertz CT molecular complexity index is 595. The van der Waals surface area contributed by atoms with Crippen LogP contribution < -0.4 is 4.90 Å². The Morgan fingerprint density at radius 2 is 2.06 bits per heavy atom. The van der Waals surface area contributed by atoms with Crippen LogP contribution in [0, 0.1) is 5.82 Å². The molecule has 0 bridgehead atoms. The average molecular weight is 278 g/mol. The van der Waals surface area contributed by atoms with E-state index in [2.05, 4.69) is 4.99 Å². The van der Waals surface area contributed by atoms with Gasteiger partial charge in [0.15, 0.2) is 0 Å². The normalized spacial score (nSPS) is 22.2. The van der Waals surface area contributed by atoms with Crippen LogP contribution in [0.15, 0.2) is 40.7 Å². The standard InChI is InChI=1S/C12H7FN2OS2/c13-7-1-3-8(4-2-7)15-11(16)10-9(5-6-18-10)14-12(15)17/h1-6,10H. The fraction of sp³-hybridized carbons (Fsp3) is 0.0833. The van der Waals surface area contributed by atoms with Gasteiger partial charge in [-0.1, -0.05) is 0 Å². The fourth-order valence-corrected chi connectivity index (χ4v) is 2.99. The molecular formula is C12H7FN2OS2. The molecule has 1 aromatic rings. The maximum absolute atomic E-state index is 12.9. The van der Waals surface area contributed by atoms with Crippen molar-refractivity contribution in [2.24, 2.45) is 4.99 Å². The van der Waals surface area contributed by atoms with Crippen LogP contribution in [0.1, 0.15) is 0 Å². The lowest BCUT2D eigenvalue weighted by atomic mass is 10.2. The average Bonchev–Trinajstić information content (AvgIpc) is 2.80. The van der Waals surface area contributed by atoms with E-state index in [1.54, 1.807) is 6.08 Å². The summed E-state index contributed by atoms with van der Waals surface area (Å²) >= 11 is 6.53. The van der Waals surface area contributed by atoms with Crippen molar-refractivity contribution in [3.05, 3.63) is 41.6 Å². The fourth-order valence-electron chi connectivity index (χ4n) is 1.83. The molecule has 3 nitrogen and oxygen atoms in total. The van der Waals surface area contributed by atoms with Gasteiger partial charge in [0.25, 0.3) is 5.91 Å². The molecule has 0 aromatic heterocycles. The number of amides is 1. The number of aliphatic imine (C=N–C) groups is 1. The van der Waals surface area contributed by atoms with Gasteiger partial charge < -0.3 is 0 Å². The minimum absolute atomic E-state index is 0.133. The summed E-state index contributed by atoms with van der Waals surface area (Å²) in [4.78, 5) is 17.9. The summed E-state index contributed by atoms with van der Waals surface area (Å²) in [5.74, 6) is -0.484. The Morgan fingerprint density at radius 1 is 1.33 bits per heavy atom. The number of hydrogen-bond donors (Lipinski definition) is 0. The molecule has 1 atom stereocenters. The summed E-state index contributed by atoms with van der Waals surface area (Å²) in [7, 11) is 0. The van der Waals surface area contributed by atoms with Crippen molar-refractivity contribution in [3.8, 4) is 0 Å². The third-order valence-corrected chi connectivity index (χ3v) is 3.95. The van der Waals surface area contributed by atoms with Gasteiger partial charge in [0.2, 0.25) is 5.11 Å². The number of carbonyl (C=O) groups is 1. The number of anilines is 1. The van der Waals surface area contributed by atoms with Gasteiger partial charge in [0.1, 0.15) is 11.1 Å². The lowest BCUT2D eigenvalue weighted by Crippen LogP contribution is -2.47. The Morgan fingerprint density at radius 3 is 2.78 bits per heavy atom. The Kier molecular flexibility index (Phi) is 2.76. The number of rotatable bonds is 1. The highest BCUT2D eigenvalue weighted by Gasteiger charge is 2.37. The van der Waals surface area contributed by atoms with E-state index in [9.17, 15) is 9.18 Å². The topological polar surface area (TPSA) is 32.7 Å². The molecule has 90 valence electrons. The number of halogens is 1. The smallest absolute Gasteiger partial charge is 0.252 e. The molecule has 2 aliphatic heterocycles. The number of thiocarbonyl (C=S) groups is 1. The summed E-state index contributed by atoms with van der Waals surface area (Å²) in [6.07, 6.45) is 1.79. The van der Waals surface area contributed by atoms with Gasteiger partial charge in [-0.25, -0.2) is 9.38 Å². The Balaban J connectivity index is 2.01. The zero-order chi connectivity index (χ0) is 12.7. The quantitative estimate of drug-likeness (QED) is 0.740. The highest BCUT2D eigenvalue weighted by molar-refractivity contribution is 8.04. The first-order valence-electron chi connectivity index (χ1n) is 5.21. The molecule has 3 rings (SSSR count). The van der Waals surface area contributed by atoms with Crippen LogP contribution in [0.25, 0.3) is 0 Å². The predicted octanol–water partition coefficient (Wildman–Crippen LogP) is 2.53. The van der Waals surface area contributed by atoms with Crippen molar-refractivity contribution in [1.82, 2.24) is 0 Å². The van der Waals surface area contributed by atoms with E-state index >= 15 is 0 Å². The molecule has 0 N–H and O–H groups in total. The van der Waals surface area contributed by atoms with Crippen LogP contribution in [0.5, 0.6) is 0 Å². The molecule has 1 unspecified atom stereocenters. The molecule has 0 fully saturated rings. The number of fused-ring (bicyclic) bond motifs is 1. The zero-order valence-corrected chi connectivity index (χ0v) is 10.7. The highest BCUT2D eigenvalue weighted by atomic mass is 32.2. The third kappa shape index (κ3) is 1.77. The van der Waals surface area contributed by atoms with Gasteiger partial charge in [0, 0.05) is 0 Å². The maximum Gasteiger partial charge on any atom is 0.252 e. The molecule has 0 saturated carbocycles. The van der Waals surface area contributed by atoms with E-state index in [4.69, 9.17) is 12.2 Å². The minimum Gasteiger partial charge on any atom is -0.272 e. The molecule has 0 spiro atoms. The molecule has 0 radical (unpaired) electrons. The van der Waals surface area contributed by atoms with Crippen LogP contribution in [0.2, 0.25) is 0 Å². The van der Waals surface area contributed by atoms with E-state index in [-0.39, 0.29) is 22.1 Å². The van der Waals surface area contributed by atoms with Crippen molar-refractivity contribution in [2.75, 3.05) is 4.90 Å². The van der Waals surface area contributed by atoms with E-state index < -0.39 is 0 Å². The first-order valence-corrected chi connectivity index (χ1v) is 6.56. The SMILES string of the molecule is O=C1C2SC=CC2=NC(=S)N1c1ccc(F)cc1. The van der Waals surface area contributed by atoms with Gasteiger partial charge in [-0.15, -0.1) is 11.8 Å². The number of carbonyl (C=O) groups excluding carboxylic acids is 1. The summed E-state index contributed by atoms with van der Waals surface area (Å²) in [5.41, 5.74) is 1.23. The van der Waals surface area contributed by atoms with E-state index in [0.29, 0.717) is 11.4 Å². The zero-order valence-electron chi connectivity index (χ0n) is 9.04. The first-order chi connectivity index (χ1) is 8.66. The van der Waals surface area contributed by atoms with Crippen molar-refractivity contribution in [3.63, 3.8) is 0 Å². The molecule has 1 aromatic carbocycles. The highest BCUT2D eigenvalue weighted by Crippen LogP contribution is 2.30. The second-order valence-corrected chi connectivity index (χ2v) is 5.17. The van der Waals surface area contributed by atoms with Crippen molar-refractivity contribution in [1.29, 1.82) is 0 Å². The Labute approximate surface area is 112 Å². The molecule has 18 heavy (non-hydrogen) atoms. The van der Waals surface area contributed by atoms with E-state index in [1.165, 1.54) is 40.9 Å². The lowest BCUT2D eigenvalue weighted by molar-refractivity contribution is -0.116. The van der Waals surface area contributed by atoms with Crippen LogP contribution in [0.3, 0.4) is 0 Å². The largest absolute Gasteiger partial charge is 0.272 e. The summed E-state index contributed by atoms with van der Waals surface area (Å²) < 4.78 is 12.9. The van der Waals surface area contributed by atoms with Crippen LogP contribution >= 0.6 is 24.0 Å². The second kappa shape index (κ2) is 4.29. The first kappa shape index (κ1) is 11.6. The van der Waals surface area contributed by atoms with Crippen molar-refractivity contribution in [2.45, 2.75) is 5.25 Å². The number of thioether (sulfide) groups is 1. The summed E-state index contributed by atoms with van der Waals surface area (Å²) in [5, 5.41) is 1.70. The number of allylic oxidation sites excluding steroid dienone is 1. The third-order valence-electron chi connectivity index (χ3n) is 2.67. The second-order valence-electron chi connectivity index (χ2n) is 3.79. The van der Waals surface area contributed by atoms with E-state index in [0.717, 1.165) is 0 Å². The number of benzene rings is 1. The van der Waals surface area contributed by atoms with Gasteiger partial charge >= 0.3 is 0 Å². The summed E-state index contributed by atoms with van der Waals surface area (Å²) in [6.45, 7) is 0. The monoisotopic (exact) mass is 278 g/mol. The van der Waals surface area contributed by atoms with Crippen molar-refractivity contribution < 1.29 is 9.18 Å². The Hall–Kier alpha value is -1.53. The molecule has 0 aliphatic carbocycles. The molecule has 6 heteroatoms. The van der Waals surface area contributed by atoms with Gasteiger partial charge in [-0.3, -0.25) is 9.69 Å². The van der Waals surface area contributed by atoms with Crippen LogP contribution in [-0.4, -0.2) is 22.0 Å². The van der Waals surface area contributed by atoms with Gasteiger partial charge in [-0.2, -0.15) is 0 Å². The maximum atomic E-state index is 12.9. The van der Waals surface area contributed by atoms with Crippen molar-refractivity contribution >= 4 is 46.4 Å². The van der Waals surface area contributed by atoms with Gasteiger partial charge in [0.05, 0.1) is 11.4 Å². The molecule has 1 amide bonds. The van der Waals surface area contributed by atoms with Gasteiger partial charge in [-0.05, 0) is 48.0 Å². The molecule has 2 aliphatic rings. The summed E-state index contributed by atoms with van der Waals surface area (Å²) in [6, 6.07) is 5.63. The lowest BCUT2D eigenvalue weighted by Gasteiger charge is -2.28. The van der Waals surface area contributed by atoms with E-state index in [1.807, 2.05) is 5.41 Å². The number of nitrogens with zero attached hydrogens (tertiary/aromatic N) is 2. The minimum atomic E-state index is -0.352. The predicted molar refractivity (Wildman–Crippen MR) is 74.4 cm³/mol. The molecule has 2 heterocycles.